The SMILES string of the molecule is COc1cc([C@@H]2Oc3c(OC)cc(/C=C/CO)cc3[C@H]2COC(C)=O)cc(OC)c1OC. The minimum Gasteiger partial charge on any atom is -0.493 e. The van der Waals surface area contributed by atoms with Gasteiger partial charge in [-0.1, -0.05) is 12.2 Å². The fourth-order valence-corrected chi connectivity index (χ4v) is 3.81. The van der Waals surface area contributed by atoms with E-state index in [0.29, 0.717) is 28.7 Å². The van der Waals surface area contributed by atoms with Crippen LogP contribution < -0.4 is 23.7 Å². The van der Waals surface area contributed by atoms with Crippen molar-refractivity contribution in [1.29, 1.82) is 0 Å². The predicted octanol–water partition coefficient (Wildman–Crippen LogP) is 3.51. The first-order valence-electron chi connectivity index (χ1n) is 10.1. The molecule has 2 atom stereocenters. The average Bonchev–Trinajstić information content (AvgIpc) is 3.18. The van der Waals surface area contributed by atoms with Crippen LogP contribution in [0.4, 0.5) is 0 Å². The van der Waals surface area contributed by atoms with Gasteiger partial charge in [-0.25, -0.2) is 0 Å². The highest BCUT2D eigenvalue weighted by molar-refractivity contribution is 5.66. The number of benzene rings is 2. The first kappa shape index (κ1) is 23.3. The van der Waals surface area contributed by atoms with Gasteiger partial charge in [0.05, 0.1) is 41.0 Å². The number of hydrogen-bond acceptors (Lipinski definition) is 8. The van der Waals surface area contributed by atoms with Gasteiger partial charge >= 0.3 is 5.97 Å². The Morgan fingerprint density at radius 2 is 1.66 bits per heavy atom. The molecule has 0 fully saturated rings. The van der Waals surface area contributed by atoms with Crippen molar-refractivity contribution in [2.24, 2.45) is 0 Å². The Hall–Kier alpha value is -3.39. The number of esters is 1. The molecule has 2 aromatic rings. The zero-order chi connectivity index (χ0) is 23.3. The molecule has 0 saturated heterocycles. The van der Waals surface area contributed by atoms with E-state index in [4.69, 9.17) is 33.5 Å². The number of carbonyl (C=O) groups excluding carboxylic acids is 1. The summed E-state index contributed by atoms with van der Waals surface area (Å²) in [5.74, 6) is 1.88. The van der Waals surface area contributed by atoms with E-state index in [0.717, 1.165) is 16.7 Å². The lowest BCUT2D eigenvalue weighted by Gasteiger charge is -2.22. The molecular weight excluding hydrogens is 416 g/mol. The van der Waals surface area contributed by atoms with Crippen molar-refractivity contribution in [2.75, 3.05) is 41.7 Å². The Bertz CT molecular complexity index is 973. The van der Waals surface area contributed by atoms with Gasteiger partial charge in [0, 0.05) is 18.1 Å². The van der Waals surface area contributed by atoms with E-state index in [1.807, 2.05) is 24.3 Å². The molecule has 0 aliphatic carbocycles. The molecular formula is C24H28O8. The Morgan fingerprint density at radius 3 is 2.19 bits per heavy atom. The van der Waals surface area contributed by atoms with Gasteiger partial charge in [-0.15, -0.1) is 0 Å². The monoisotopic (exact) mass is 444 g/mol. The summed E-state index contributed by atoms with van der Waals surface area (Å²) >= 11 is 0. The molecule has 0 amide bonds. The minimum atomic E-state index is -0.496. The van der Waals surface area contributed by atoms with Crippen LogP contribution in [0.25, 0.3) is 6.08 Å². The van der Waals surface area contributed by atoms with Gasteiger partial charge in [0.15, 0.2) is 23.0 Å². The normalized spacial score (nSPS) is 16.9. The lowest BCUT2D eigenvalue weighted by atomic mass is 9.90. The summed E-state index contributed by atoms with van der Waals surface area (Å²) in [7, 11) is 6.19. The van der Waals surface area contributed by atoms with Gasteiger partial charge in [-0.05, 0) is 29.8 Å². The quantitative estimate of drug-likeness (QED) is 0.588. The number of aliphatic hydroxyl groups excluding tert-OH is 1. The highest BCUT2D eigenvalue weighted by atomic mass is 16.5. The van der Waals surface area contributed by atoms with Crippen LogP contribution in [0.15, 0.2) is 30.3 Å². The maximum Gasteiger partial charge on any atom is 0.302 e. The fraction of sp³-hybridized carbons (Fsp3) is 0.375. The smallest absolute Gasteiger partial charge is 0.302 e. The molecule has 0 saturated carbocycles. The molecule has 2 aromatic carbocycles. The second kappa shape index (κ2) is 10.3. The zero-order valence-electron chi connectivity index (χ0n) is 18.8. The third-order valence-corrected chi connectivity index (χ3v) is 5.23. The van der Waals surface area contributed by atoms with Crippen molar-refractivity contribution in [3.63, 3.8) is 0 Å². The van der Waals surface area contributed by atoms with Crippen LogP contribution in [0.3, 0.4) is 0 Å². The Balaban J connectivity index is 2.13. The van der Waals surface area contributed by atoms with E-state index < -0.39 is 6.10 Å². The summed E-state index contributed by atoms with van der Waals surface area (Å²) in [4.78, 5) is 11.6. The largest absolute Gasteiger partial charge is 0.493 e. The number of fused-ring (bicyclic) bond motifs is 1. The second-order valence-electron chi connectivity index (χ2n) is 7.13. The molecule has 1 heterocycles. The van der Waals surface area contributed by atoms with Crippen molar-refractivity contribution in [3.05, 3.63) is 47.0 Å². The minimum absolute atomic E-state index is 0.0825. The molecule has 0 radical (unpaired) electrons. The zero-order valence-corrected chi connectivity index (χ0v) is 18.8. The van der Waals surface area contributed by atoms with Gasteiger partial charge in [-0.2, -0.15) is 0 Å². The summed E-state index contributed by atoms with van der Waals surface area (Å²) in [6.07, 6.45) is 2.93. The maximum absolute atomic E-state index is 11.6. The molecule has 1 aliphatic heterocycles. The van der Waals surface area contributed by atoms with Gasteiger partial charge in [0.1, 0.15) is 12.7 Å². The van der Waals surface area contributed by atoms with Crippen molar-refractivity contribution in [3.8, 4) is 28.7 Å². The van der Waals surface area contributed by atoms with Crippen LogP contribution in [-0.4, -0.2) is 52.7 Å². The van der Waals surface area contributed by atoms with Crippen molar-refractivity contribution in [1.82, 2.24) is 0 Å². The standard InChI is InChI=1S/C24H28O8/c1-14(26)31-13-18-17-9-15(7-6-8-25)10-19(27-2)23(17)32-22(18)16-11-20(28-3)24(30-5)21(12-16)29-4/h6-7,9-12,18,22,25H,8,13H2,1-5H3/b7-6+/t18-,22+/m1/s1. The molecule has 1 N–H and O–H groups in total. The fourth-order valence-electron chi connectivity index (χ4n) is 3.81. The summed E-state index contributed by atoms with van der Waals surface area (Å²) in [5, 5.41) is 9.14. The molecule has 172 valence electrons. The predicted molar refractivity (Wildman–Crippen MR) is 118 cm³/mol. The number of aliphatic hydroxyl groups is 1. The number of rotatable bonds is 9. The Morgan fingerprint density at radius 1 is 1.00 bits per heavy atom. The van der Waals surface area contributed by atoms with Crippen LogP contribution in [0.2, 0.25) is 0 Å². The summed E-state index contributed by atoms with van der Waals surface area (Å²) < 4.78 is 33.7. The lowest BCUT2D eigenvalue weighted by molar-refractivity contribution is -0.141. The van der Waals surface area contributed by atoms with Crippen LogP contribution in [-0.2, 0) is 9.53 Å². The molecule has 0 bridgehead atoms. The molecule has 1 aliphatic rings. The van der Waals surface area contributed by atoms with Gasteiger partial charge in [-0.3, -0.25) is 4.79 Å². The van der Waals surface area contributed by atoms with Crippen LogP contribution in [0.5, 0.6) is 28.7 Å². The lowest BCUT2D eigenvalue weighted by Crippen LogP contribution is -2.17. The molecule has 0 aromatic heterocycles. The summed E-state index contributed by atoms with van der Waals surface area (Å²) in [6, 6.07) is 7.40. The van der Waals surface area contributed by atoms with E-state index in [1.165, 1.54) is 14.0 Å². The van der Waals surface area contributed by atoms with Gasteiger partial charge < -0.3 is 33.5 Å². The molecule has 32 heavy (non-hydrogen) atoms. The van der Waals surface area contributed by atoms with E-state index in [-0.39, 0.29) is 25.1 Å². The number of ether oxygens (including phenoxy) is 6. The number of hydrogen-bond donors (Lipinski definition) is 1. The van der Waals surface area contributed by atoms with Crippen molar-refractivity contribution < 1.29 is 38.3 Å². The van der Waals surface area contributed by atoms with E-state index >= 15 is 0 Å². The summed E-state index contributed by atoms with van der Waals surface area (Å²) in [5.41, 5.74) is 2.43. The van der Waals surface area contributed by atoms with Crippen LogP contribution >= 0.6 is 0 Å². The van der Waals surface area contributed by atoms with Crippen LogP contribution in [0, 0.1) is 0 Å². The summed E-state index contributed by atoms with van der Waals surface area (Å²) in [6.45, 7) is 1.40. The second-order valence-corrected chi connectivity index (χ2v) is 7.13. The van der Waals surface area contributed by atoms with Crippen LogP contribution in [0.1, 0.15) is 35.6 Å². The molecule has 0 spiro atoms. The first-order valence-corrected chi connectivity index (χ1v) is 10.1. The first-order chi connectivity index (χ1) is 15.5. The highest BCUT2D eigenvalue weighted by Gasteiger charge is 2.39. The maximum atomic E-state index is 11.6. The van der Waals surface area contributed by atoms with Crippen molar-refractivity contribution >= 4 is 12.0 Å². The Kier molecular flexibility index (Phi) is 7.48. The van der Waals surface area contributed by atoms with E-state index in [1.54, 1.807) is 33.5 Å². The molecule has 0 unspecified atom stereocenters. The topological polar surface area (TPSA) is 92.7 Å². The molecule has 8 nitrogen and oxygen atoms in total. The third-order valence-electron chi connectivity index (χ3n) is 5.23. The van der Waals surface area contributed by atoms with Crippen molar-refractivity contribution in [2.45, 2.75) is 18.9 Å². The number of methoxy groups -OCH3 is 4. The molecule has 3 rings (SSSR count). The van der Waals surface area contributed by atoms with E-state index in [9.17, 15) is 4.79 Å². The highest BCUT2D eigenvalue weighted by Crippen LogP contribution is 2.53. The average molecular weight is 444 g/mol. The third kappa shape index (κ3) is 4.60. The Labute approximate surface area is 187 Å². The van der Waals surface area contributed by atoms with Gasteiger partial charge in [0.2, 0.25) is 5.75 Å². The molecule has 8 heteroatoms. The van der Waals surface area contributed by atoms with E-state index in [2.05, 4.69) is 0 Å². The van der Waals surface area contributed by atoms with Gasteiger partial charge in [0.25, 0.3) is 0 Å². The number of carbonyl (C=O) groups is 1.